The lowest BCUT2D eigenvalue weighted by atomic mass is 9.98. The minimum atomic E-state index is -0.0224. The smallest absolute Gasteiger partial charge is 0.246 e. The van der Waals surface area contributed by atoms with Crippen LogP contribution in [0.4, 0.5) is 0 Å². The van der Waals surface area contributed by atoms with Crippen LogP contribution in [0.2, 0.25) is 5.02 Å². The number of halogens is 1. The van der Waals surface area contributed by atoms with Gasteiger partial charge in [-0.1, -0.05) is 35.0 Å². The number of benzene rings is 1. The van der Waals surface area contributed by atoms with E-state index in [-0.39, 0.29) is 11.8 Å². The number of carbonyl (C=O) groups excluding carboxylic acids is 1. The van der Waals surface area contributed by atoms with Crippen molar-refractivity contribution >= 4 is 23.6 Å². The van der Waals surface area contributed by atoms with Crippen LogP contribution < -0.4 is 0 Å². The minimum Gasteiger partial charge on any atom is -0.339 e. The van der Waals surface area contributed by atoms with Gasteiger partial charge in [0.1, 0.15) is 0 Å². The van der Waals surface area contributed by atoms with Gasteiger partial charge in [-0.3, -0.25) is 4.79 Å². The zero-order valence-corrected chi connectivity index (χ0v) is 13.7. The Morgan fingerprint density at radius 1 is 1.43 bits per heavy atom. The first-order valence-corrected chi connectivity index (χ1v) is 8.03. The van der Waals surface area contributed by atoms with Crippen LogP contribution in [0.5, 0.6) is 0 Å². The first-order chi connectivity index (χ1) is 11.1. The maximum Gasteiger partial charge on any atom is 0.246 e. The number of hydrogen-bond donors (Lipinski definition) is 0. The summed E-state index contributed by atoms with van der Waals surface area (Å²) in [5.41, 5.74) is 0.837. The van der Waals surface area contributed by atoms with Gasteiger partial charge in [-0.15, -0.1) is 0 Å². The summed E-state index contributed by atoms with van der Waals surface area (Å²) in [6.45, 7) is 3.15. The molecule has 0 N–H and O–H groups in total. The average molecular weight is 332 g/mol. The number of likely N-dealkylation sites (tertiary alicyclic amines) is 1. The summed E-state index contributed by atoms with van der Waals surface area (Å²) in [5, 5.41) is 4.46. The number of piperidine rings is 1. The molecule has 0 aliphatic carbocycles. The molecule has 120 valence electrons. The number of rotatable bonds is 3. The molecule has 1 atom stereocenters. The fraction of sp³-hybridized carbons (Fsp3) is 0.353. The van der Waals surface area contributed by atoms with Gasteiger partial charge in [0.05, 0.1) is 5.92 Å². The van der Waals surface area contributed by atoms with E-state index in [0.717, 1.165) is 24.9 Å². The SMILES string of the molecule is Cc1noc([C@H]2CCCN(C(=O)/C=C/c3ccccc3Cl)C2)n1. The minimum absolute atomic E-state index is 0.0224. The summed E-state index contributed by atoms with van der Waals surface area (Å²) in [4.78, 5) is 18.5. The number of carbonyl (C=O) groups is 1. The molecule has 0 saturated carbocycles. The van der Waals surface area contributed by atoms with E-state index in [0.29, 0.717) is 23.3 Å². The summed E-state index contributed by atoms with van der Waals surface area (Å²) in [7, 11) is 0. The van der Waals surface area contributed by atoms with Gasteiger partial charge in [0.15, 0.2) is 5.82 Å². The molecule has 0 radical (unpaired) electrons. The van der Waals surface area contributed by atoms with Crippen LogP contribution >= 0.6 is 11.6 Å². The maximum absolute atomic E-state index is 12.4. The Morgan fingerprint density at radius 2 is 2.26 bits per heavy atom. The van der Waals surface area contributed by atoms with Gasteiger partial charge < -0.3 is 9.42 Å². The molecule has 6 heteroatoms. The monoisotopic (exact) mass is 331 g/mol. The highest BCUT2D eigenvalue weighted by atomic mass is 35.5. The molecule has 1 fully saturated rings. The van der Waals surface area contributed by atoms with E-state index in [4.69, 9.17) is 16.1 Å². The van der Waals surface area contributed by atoms with Crippen LogP contribution in [0.1, 0.15) is 36.0 Å². The van der Waals surface area contributed by atoms with Crippen LogP contribution in [-0.4, -0.2) is 34.0 Å². The highest BCUT2D eigenvalue weighted by molar-refractivity contribution is 6.32. The van der Waals surface area contributed by atoms with Gasteiger partial charge in [0.25, 0.3) is 0 Å². The van der Waals surface area contributed by atoms with Crippen molar-refractivity contribution in [2.45, 2.75) is 25.7 Å². The third-order valence-electron chi connectivity index (χ3n) is 3.94. The Kier molecular flexibility index (Phi) is 4.76. The van der Waals surface area contributed by atoms with E-state index in [1.165, 1.54) is 0 Å². The van der Waals surface area contributed by atoms with Crippen molar-refractivity contribution in [1.29, 1.82) is 0 Å². The fourth-order valence-corrected chi connectivity index (χ4v) is 2.93. The summed E-state index contributed by atoms with van der Waals surface area (Å²) < 4.78 is 5.24. The lowest BCUT2D eigenvalue weighted by Gasteiger charge is -2.30. The maximum atomic E-state index is 12.4. The standard InChI is InChI=1S/C17H18ClN3O2/c1-12-19-17(23-20-12)14-6-4-10-21(11-14)16(22)9-8-13-5-2-3-7-15(13)18/h2-3,5,7-9,14H,4,6,10-11H2,1H3/b9-8+/t14-/m0/s1. The van der Waals surface area contributed by atoms with E-state index < -0.39 is 0 Å². The van der Waals surface area contributed by atoms with Crippen LogP contribution in [0, 0.1) is 6.92 Å². The number of hydrogen-bond acceptors (Lipinski definition) is 4. The third-order valence-corrected chi connectivity index (χ3v) is 4.28. The van der Waals surface area contributed by atoms with E-state index in [1.54, 1.807) is 25.1 Å². The van der Waals surface area contributed by atoms with Crippen LogP contribution in [-0.2, 0) is 4.79 Å². The highest BCUT2D eigenvalue weighted by Crippen LogP contribution is 2.26. The number of amides is 1. The molecule has 0 bridgehead atoms. The fourth-order valence-electron chi connectivity index (χ4n) is 2.73. The Morgan fingerprint density at radius 3 is 3.00 bits per heavy atom. The van der Waals surface area contributed by atoms with Crippen molar-refractivity contribution in [3.63, 3.8) is 0 Å². The molecule has 1 saturated heterocycles. The van der Waals surface area contributed by atoms with Gasteiger partial charge >= 0.3 is 0 Å². The van der Waals surface area contributed by atoms with Crippen LogP contribution in [0.25, 0.3) is 6.08 Å². The Balaban J connectivity index is 1.66. The predicted molar refractivity (Wildman–Crippen MR) is 88.1 cm³/mol. The first-order valence-electron chi connectivity index (χ1n) is 7.65. The van der Waals surface area contributed by atoms with E-state index in [9.17, 15) is 4.79 Å². The molecule has 2 heterocycles. The van der Waals surface area contributed by atoms with Gasteiger partial charge in [-0.25, -0.2) is 0 Å². The molecule has 1 aliphatic rings. The van der Waals surface area contributed by atoms with Crippen molar-refractivity contribution in [3.05, 3.63) is 52.6 Å². The largest absolute Gasteiger partial charge is 0.339 e. The number of nitrogens with zero attached hydrogens (tertiary/aromatic N) is 3. The molecule has 3 rings (SSSR count). The molecular formula is C17H18ClN3O2. The van der Waals surface area contributed by atoms with Crippen LogP contribution in [0.15, 0.2) is 34.9 Å². The van der Waals surface area contributed by atoms with Crippen molar-refractivity contribution in [2.75, 3.05) is 13.1 Å². The lowest BCUT2D eigenvalue weighted by molar-refractivity contribution is -0.127. The molecule has 1 aromatic heterocycles. The third kappa shape index (κ3) is 3.79. The molecule has 1 aliphatic heterocycles. The second kappa shape index (κ2) is 6.96. The van der Waals surface area contributed by atoms with E-state index in [2.05, 4.69) is 10.1 Å². The second-order valence-corrected chi connectivity index (χ2v) is 6.07. The zero-order valence-electron chi connectivity index (χ0n) is 12.9. The average Bonchev–Trinajstić information content (AvgIpc) is 3.00. The molecular weight excluding hydrogens is 314 g/mol. The summed E-state index contributed by atoms with van der Waals surface area (Å²) in [6.07, 6.45) is 5.21. The molecule has 1 amide bonds. The van der Waals surface area contributed by atoms with Crippen molar-refractivity contribution < 1.29 is 9.32 Å². The molecule has 23 heavy (non-hydrogen) atoms. The Labute approximate surface area is 139 Å². The quantitative estimate of drug-likeness (QED) is 0.808. The molecule has 0 unspecified atom stereocenters. The zero-order chi connectivity index (χ0) is 16.2. The summed E-state index contributed by atoms with van der Waals surface area (Å²) >= 11 is 6.10. The normalized spacial score (nSPS) is 18.5. The van der Waals surface area contributed by atoms with Crippen molar-refractivity contribution in [3.8, 4) is 0 Å². The molecule has 0 spiro atoms. The molecule has 2 aromatic rings. The predicted octanol–water partition coefficient (Wildman–Crippen LogP) is 3.45. The van der Waals surface area contributed by atoms with Crippen molar-refractivity contribution in [2.24, 2.45) is 0 Å². The summed E-state index contributed by atoms with van der Waals surface area (Å²) in [5.74, 6) is 1.34. The number of aromatic nitrogens is 2. The van der Waals surface area contributed by atoms with Crippen molar-refractivity contribution in [1.82, 2.24) is 15.0 Å². The van der Waals surface area contributed by atoms with Gasteiger partial charge in [0.2, 0.25) is 11.8 Å². The van der Waals surface area contributed by atoms with Gasteiger partial charge in [-0.05, 0) is 37.5 Å². The summed E-state index contributed by atoms with van der Waals surface area (Å²) in [6, 6.07) is 7.45. The second-order valence-electron chi connectivity index (χ2n) is 5.66. The molecule has 5 nitrogen and oxygen atoms in total. The van der Waals surface area contributed by atoms with Gasteiger partial charge in [-0.2, -0.15) is 4.98 Å². The topological polar surface area (TPSA) is 59.2 Å². The van der Waals surface area contributed by atoms with E-state index in [1.807, 2.05) is 23.1 Å². The first kappa shape index (κ1) is 15.7. The van der Waals surface area contributed by atoms with E-state index >= 15 is 0 Å². The van der Waals surface area contributed by atoms with Gasteiger partial charge in [0, 0.05) is 24.2 Å². The Bertz CT molecular complexity index is 726. The molecule has 1 aromatic carbocycles. The number of aryl methyl sites for hydroxylation is 1. The highest BCUT2D eigenvalue weighted by Gasteiger charge is 2.27. The van der Waals surface area contributed by atoms with Crippen LogP contribution in [0.3, 0.4) is 0 Å². The lowest BCUT2D eigenvalue weighted by Crippen LogP contribution is -2.38. The Hall–Kier alpha value is -2.14.